The molecule has 0 unspecified atom stereocenters. The highest BCUT2D eigenvalue weighted by atomic mass is 35.5. The van der Waals surface area contributed by atoms with Gasteiger partial charge in [-0.05, 0) is 11.6 Å². The molecular formula is C8H11ClF3N5O. The van der Waals surface area contributed by atoms with Gasteiger partial charge < -0.3 is 15.3 Å². The highest BCUT2D eigenvalue weighted by molar-refractivity contribution is 6.28. The molecule has 0 fully saturated rings. The average Bonchev–Trinajstić information content (AvgIpc) is 2.26. The van der Waals surface area contributed by atoms with Crippen LogP contribution in [0.4, 0.5) is 25.1 Å². The summed E-state index contributed by atoms with van der Waals surface area (Å²) >= 11 is 5.57. The molecule has 1 rings (SSSR count). The van der Waals surface area contributed by atoms with Gasteiger partial charge in [0.2, 0.25) is 17.2 Å². The smallest absolute Gasteiger partial charge is 0.395 e. The Balaban J connectivity index is 3.01. The Hall–Kier alpha value is -1.35. The van der Waals surface area contributed by atoms with Crippen molar-refractivity contribution in [3.63, 3.8) is 0 Å². The van der Waals surface area contributed by atoms with Crippen LogP contribution in [0.2, 0.25) is 5.28 Å². The standard InChI is InChI=1S/C8H11ClF3N5O/c1-13-6-14-5(9)15-7(16-6)17(2-3-18)4-8(10,11)12/h18H,2-4H2,1H3,(H,13,14,15,16). The van der Waals surface area contributed by atoms with E-state index in [-0.39, 0.29) is 23.7 Å². The van der Waals surface area contributed by atoms with Crippen molar-refractivity contribution in [3.05, 3.63) is 5.28 Å². The Morgan fingerprint density at radius 1 is 1.33 bits per heavy atom. The van der Waals surface area contributed by atoms with Gasteiger partial charge in [-0.15, -0.1) is 0 Å². The monoisotopic (exact) mass is 285 g/mol. The lowest BCUT2D eigenvalue weighted by molar-refractivity contribution is -0.120. The van der Waals surface area contributed by atoms with Gasteiger partial charge in [0.1, 0.15) is 6.54 Å². The van der Waals surface area contributed by atoms with Crippen molar-refractivity contribution in [1.29, 1.82) is 0 Å². The van der Waals surface area contributed by atoms with Gasteiger partial charge in [-0.25, -0.2) is 0 Å². The van der Waals surface area contributed by atoms with E-state index in [0.717, 1.165) is 4.90 Å². The summed E-state index contributed by atoms with van der Waals surface area (Å²) in [5.41, 5.74) is 0. The fourth-order valence-corrected chi connectivity index (χ4v) is 1.34. The number of hydrogen-bond donors (Lipinski definition) is 2. The molecule has 1 heterocycles. The Labute approximate surface area is 106 Å². The first-order valence-electron chi connectivity index (χ1n) is 4.87. The number of rotatable bonds is 5. The lowest BCUT2D eigenvalue weighted by atomic mass is 10.5. The van der Waals surface area contributed by atoms with E-state index in [1.807, 2.05) is 0 Å². The van der Waals surface area contributed by atoms with E-state index in [0.29, 0.717) is 0 Å². The molecule has 0 aliphatic heterocycles. The highest BCUT2D eigenvalue weighted by Crippen LogP contribution is 2.20. The maximum atomic E-state index is 12.4. The fourth-order valence-electron chi connectivity index (χ4n) is 1.18. The predicted molar refractivity (Wildman–Crippen MR) is 59.7 cm³/mol. The largest absolute Gasteiger partial charge is 0.406 e. The minimum Gasteiger partial charge on any atom is -0.395 e. The molecule has 1 aromatic heterocycles. The van der Waals surface area contributed by atoms with Crippen molar-refractivity contribution in [2.24, 2.45) is 0 Å². The Morgan fingerprint density at radius 2 is 2.00 bits per heavy atom. The van der Waals surface area contributed by atoms with E-state index >= 15 is 0 Å². The average molecular weight is 286 g/mol. The molecule has 0 amide bonds. The van der Waals surface area contributed by atoms with Crippen LogP contribution in [0.25, 0.3) is 0 Å². The van der Waals surface area contributed by atoms with Crippen LogP contribution in [-0.2, 0) is 0 Å². The molecule has 0 spiro atoms. The number of aliphatic hydroxyl groups excluding tert-OH is 1. The number of nitrogens with one attached hydrogen (secondary N) is 1. The minimum absolute atomic E-state index is 0.0510. The summed E-state index contributed by atoms with van der Waals surface area (Å²) in [6, 6.07) is 0. The first-order chi connectivity index (χ1) is 8.35. The molecule has 0 radical (unpaired) electrons. The second-order valence-corrected chi connectivity index (χ2v) is 3.58. The molecular weight excluding hydrogens is 275 g/mol. The van der Waals surface area contributed by atoms with E-state index < -0.39 is 19.3 Å². The zero-order valence-corrected chi connectivity index (χ0v) is 10.1. The molecule has 0 bridgehead atoms. The van der Waals surface area contributed by atoms with Crippen LogP contribution in [0, 0.1) is 0 Å². The van der Waals surface area contributed by atoms with E-state index in [2.05, 4.69) is 20.3 Å². The van der Waals surface area contributed by atoms with Crippen molar-refractivity contribution in [2.75, 3.05) is 37.0 Å². The van der Waals surface area contributed by atoms with Gasteiger partial charge in [0.05, 0.1) is 6.61 Å². The summed E-state index contributed by atoms with van der Waals surface area (Å²) in [5.74, 6) is -0.194. The second-order valence-electron chi connectivity index (χ2n) is 3.24. The van der Waals surface area contributed by atoms with Gasteiger partial charge in [0, 0.05) is 13.6 Å². The van der Waals surface area contributed by atoms with Crippen LogP contribution < -0.4 is 10.2 Å². The molecule has 0 aliphatic rings. The molecule has 0 saturated carbocycles. The molecule has 2 N–H and O–H groups in total. The third-order valence-electron chi connectivity index (χ3n) is 1.84. The lowest BCUT2D eigenvalue weighted by Gasteiger charge is -2.23. The number of halogens is 4. The Morgan fingerprint density at radius 3 is 2.50 bits per heavy atom. The number of alkyl halides is 3. The first-order valence-corrected chi connectivity index (χ1v) is 5.25. The summed E-state index contributed by atoms with van der Waals surface area (Å²) in [6.45, 7) is -2.01. The lowest BCUT2D eigenvalue weighted by Crippen LogP contribution is -2.37. The number of hydrogen-bond acceptors (Lipinski definition) is 6. The summed E-state index contributed by atoms with van der Waals surface area (Å²) in [7, 11) is 1.50. The quantitative estimate of drug-likeness (QED) is 0.838. The third kappa shape index (κ3) is 4.49. The molecule has 6 nitrogen and oxygen atoms in total. The number of aromatic nitrogens is 3. The van der Waals surface area contributed by atoms with E-state index in [9.17, 15) is 13.2 Å². The number of nitrogens with zero attached hydrogens (tertiary/aromatic N) is 4. The Kier molecular flexibility index (Phi) is 4.91. The van der Waals surface area contributed by atoms with E-state index in [1.54, 1.807) is 0 Å². The minimum atomic E-state index is -4.44. The van der Waals surface area contributed by atoms with E-state index in [1.165, 1.54) is 7.05 Å². The zero-order chi connectivity index (χ0) is 13.8. The molecule has 0 aromatic carbocycles. The van der Waals surface area contributed by atoms with Crippen LogP contribution in [-0.4, -0.2) is 53.0 Å². The van der Waals surface area contributed by atoms with E-state index in [4.69, 9.17) is 16.7 Å². The van der Waals surface area contributed by atoms with Gasteiger partial charge in [-0.1, -0.05) is 0 Å². The number of anilines is 2. The van der Waals surface area contributed by atoms with Gasteiger partial charge >= 0.3 is 6.18 Å². The summed E-state index contributed by atoms with van der Waals surface area (Å²) in [4.78, 5) is 11.8. The highest BCUT2D eigenvalue weighted by Gasteiger charge is 2.32. The fraction of sp³-hybridized carbons (Fsp3) is 0.625. The maximum absolute atomic E-state index is 12.4. The van der Waals surface area contributed by atoms with Crippen LogP contribution in [0.3, 0.4) is 0 Å². The molecule has 0 aliphatic carbocycles. The molecule has 0 atom stereocenters. The molecule has 0 saturated heterocycles. The SMILES string of the molecule is CNc1nc(Cl)nc(N(CCO)CC(F)(F)F)n1. The molecule has 10 heteroatoms. The maximum Gasteiger partial charge on any atom is 0.406 e. The van der Waals surface area contributed by atoms with Crippen LogP contribution >= 0.6 is 11.6 Å². The summed E-state index contributed by atoms with van der Waals surface area (Å²) in [5, 5.41) is 11.1. The number of aliphatic hydroxyl groups is 1. The van der Waals surface area contributed by atoms with Crippen molar-refractivity contribution in [1.82, 2.24) is 15.0 Å². The molecule has 1 aromatic rings. The normalized spacial score (nSPS) is 11.4. The summed E-state index contributed by atoms with van der Waals surface area (Å²) < 4.78 is 37.1. The van der Waals surface area contributed by atoms with Gasteiger partial charge in [0.25, 0.3) is 0 Å². The zero-order valence-electron chi connectivity index (χ0n) is 9.37. The van der Waals surface area contributed by atoms with Crippen LogP contribution in [0.5, 0.6) is 0 Å². The van der Waals surface area contributed by atoms with Crippen molar-refractivity contribution < 1.29 is 18.3 Å². The van der Waals surface area contributed by atoms with Crippen molar-refractivity contribution >= 4 is 23.5 Å². The third-order valence-corrected chi connectivity index (χ3v) is 2.01. The van der Waals surface area contributed by atoms with Gasteiger partial charge in [-0.3, -0.25) is 0 Å². The van der Waals surface area contributed by atoms with Gasteiger partial charge in [0.15, 0.2) is 0 Å². The second kappa shape index (κ2) is 6.01. The Bertz CT molecular complexity index is 403. The van der Waals surface area contributed by atoms with Gasteiger partial charge in [-0.2, -0.15) is 28.1 Å². The van der Waals surface area contributed by atoms with Crippen molar-refractivity contribution in [3.8, 4) is 0 Å². The van der Waals surface area contributed by atoms with Crippen LogP contribution in [0.1, 0.15) is 0 Å². The first kappa shape index (κ1) is 14.7. The van der Waals surface area contributed by atoms with Crippen LogP contribution in [0.15, 0.2) is 0 Å². The molecule has 102 valence electrons. The topological polar surface area (TPSA) is 74.2 Å². The summed E-state index contributed by atoms with van der Waals surface area (Å²) in [6.07, 6.45) is -4.44. The predicted octanol–water partition coefficient (Wildman–Crippen LogP) is 0.928. The molecule has 18 heavy (non-hydrogen) atoms. The van der Waals surface area contributed by atoms with Crippen molar-refractivity contribution in [2.45, 2.75) is 6.18 Å².